The average Bonchev–Trinajstić information content (AvgIpc) is 1.84. The quantitative estimate of drug-likeness (QED) is 0.645. The third-order valence-corrected chi connectivity index (χ3v) is 3.31. The minimum Gasteiger partial charge on any atom is -0.0771 e. The maximum atomic E-state index is 2.45. The van der Waals surface area contributed by atoms with E-state index in [-0.39, 0.29) is 0 Å². The number of rotatable bonds is 3. The Balaban J connectivity index is 3.29. The van der Waals surface area contributed by atoms with Gasteiger partial charge in [-0.1, -0.05) is 49.8 Å². The van der Waals surface area contributed by atoms with E-state index in [1.165, 1.54) is 12.8 Å². The molecule has 0 aliphatic carbocycles. The number of hydrogen-bond acceptors (Lipinski definition) is 0. The SMILES string of the molecule is CC[C](I)C(C)CC. The second-order valence-corrected chi connectivity index (χ2v) is 3.50. The molecule has 0 aliphatic rings. The van der Waals surface area contributed by atoms with Gasteiger partial charge < -0.3 is 0 Å². The molecule has 49 valence electrons. The van der Waals surface area contributed by atoms with E-state index in [4.69, 9.17) is 0 Å². The minimum absolute atomic E-state index is 0.820. The molecule has 0 saturated heterocycles. The molecule has 0 N–H and O–H groups in total. The van der Waals surface area contributed by atoms with E-state index in [0.717, 1.165) is 5.92 Å². The van der Waals surface area contributed by atoms with Gasteiger partial charge in [-0.15, -0.1) is 0 Å². The Morgan fingerprint density at radius 3 is 2.12 bits per heavy atom. The molecule has 0 nitrogen and oxygen atoms in total. The van der Waals surface area contributed by atoms with Gasteiger partial charge in [-0.25, -0.2) is 0 Å². The molecule has 0 rings (SSSR count). The monoisotopic (exact) mass is 225 g/mol. The van der Waals surface area contributed by atoms with Gasteiger partial charge in [0.05, 0.1) is 0 Å². The summed E-state index contributed by atoms with van der Waals surface area (Å²) >= 11 is 2.45. The van der Waals surface area contributed by atoms with Gasteiger partial charge in [0.25, 0.3) is 0 Å². The molecule has 0 aromatic carbocycles. The summed E-state index contributed by atoms with van der Waals surface area (Å²) in [7, 11) is 0. The van der Waals surface area contributed by atoms with Gasteiger partial charge in [-0.2, -0.15) is 0 Å². The van der Waals surface area contributed by atoms with Crippen molar-refractivity contribution in [3.63, 3.8) is 0 Å². The summed E-state index contributed by atoms with van der Waals surface area (Å²) in [6, 6.07) is 0. The zero-order valence-corrected chi connectivity index (χ0v) is 8.03. The first kappa shape index (κ1) is 8.73. The normalized spacial score (nSPS) is 14.6. The van der Waals surface area contributed by atoms with Gasteiger partial charge in [-0.3, -0.25) is 0 Å². The summed E-state index contributed by atoms with van der Waals surface area (Å²) in [5.41, 5.74) is 0. The van der Waals surface area contributed by atoms with Crippen molar-refractivity contribution in [3.05, 3.63) is 3.92 Å². The van der Waals surface area contributed by atoms with Crippen LogP contribution in [0, 0.1) is 9.84 Å². The first-order chi connectivity index (χ1) is 3.72. The van der Waals surface area contributed by atoms with E-state index in [1.807, 2.05) is 0 Å². The molecule has 0 amide bonds. The smallest absolute Gasteiger partial charge is 0.0393 e. The van der Waals surface area contributed by atoms with Crippen LogP contribution in [-0.2, 0) is 0 Å². The van der Waals surface area contributed by atoms with Crippen molar-refractivity contribution in [1.82, 2.24) is 0 Å². The van der Waals surface area contributed by atoms with Crippen LogP contribution in [0.1, 0.15) is 33.6 Å². The Kier molecular flexibility index (Phi) is 5.01. The fourth-order valence-electron chi connectivity index (χ4n) is 0.570. The van der Waals surface area contributed by atoms with Gasteiger partial charge in [0, 0.05) is 3.92 Å². The zero-order valence-electron chi connectivity index (χ0n) is 5.87. The molecular formula is C7H14I. The molecular weight excluding hydrogens is 211 g/mol. The largest absolute Gasteiger partial charge is 0.0771 e. The van der Waals surface area contributed by atoms with Crippen LogP contribution in [0.3, 0.4) is 0 Å². The first-order valence-corrected chi connectivity index (χ1v) is 4.31. The highest BCUT2D eigenvalue weighted by Gasteiger charge is 2.08. The van der Waals surface area contributed by atoms with Crippen LogP contribution in [0.2, 0.25) is 0 Å². The van der Waals surface area contributed by atoms with Gasteiger partial charge in [0.15, 0.2) is 0 Å². The van der Waals surface area contributed by atoms with Crippen LogP contribution in [0.25, 0.3) is 0 Å². The van der Waals surface area contributed by atoms with Crippen molar-refractivity contribution in [2.24, 2.45) is 5.92 Å². The summed E-state index contributed by atoms with van der Waals surface area (Å²) < 4.78 is 1.60. The lowest BCUT2D eigenvalue weighted by Gasteiger charge is -2.11. The van der Waals surface area contributed by atoms with Crippen LogP contribution in [0.15, 0.2) is 0 Å². The minimum atomic E-state index is 0.820. The highest BCUT2D eigenvalue weighted by atomic mass is 127. The summed E-state index contributed by atoms with van der Waals surface area (Å²) in [5.74, 6) is 0.820. The van der Waals surface area contributed by atoms with Crippen LogP contribution < -0.4 is 0 Å². The second kappa shape index (κ2) is 4.59. The molecule has 8 heavy (non-hydrogen) atoms. The molecule has 1 unspecified atom stereocenters. The molecule has 1 radical (unpaired) electrons. The number of halogens is 1. The Labute approximate surface area is 66.2 Å². The lowest BCUT2D eigenvalue weighted by Crippen LogP contribution is -1.98. The highest BCUT2D eigenvalue weighted by Crippen LogP contribution is 2.27. The standard InChI is InChI=1S/C7H14I/c1-4-6(3)7(8)5-2/h6H,4-5H2,1-3H3. The van der Waals surface area contributed by atoms with E-state index >= 15 is 0 Å². The van der Waals surface area contributed by atoms with Crippen molar-refractivity contribution in [3.8, 4) is 0 Å². The molecule has 0 spiro atoms. The molecule has 1 heteroatoms. The van der Waals surface area contributed by atoms with E-state index < -0.39 is 0 Å². The van der Waals surface area contributed by atoms with E-state index in [2.05, 4.69) is 43.4 Å². The van der Waals surface area contributed by atoms with E-state index in [0.29, 0.717) is 0 Å². The molecule has 0 fully saturated rings. The lowest BCUT2D eigenvalue weighted by molar-refractivity contribution is 0.617. The van der Waals surface area contributed by atoms with Gasteiger partial charge in [0.2, 0.25) is 0 Å². The van der Waals surface area contributed by atoms with E-state index in [9.17, 15) is 0 Å². The molecule has 1 atom stereocenters. The molecule has 0 heterocycles. The summed E-state index contributed by atoms with van der Waals surface area (Å²) in [6.45, 7) is 6.73. The fourth-order valence-corrected chi connectivity index (χ4v) is 1.01. The lowest BCUT2D eigenvalue weighted by atomic mass is 10.0. The van der Waals surface area contributed by atoms with Crippen molar-refractivity contribution in [1.29, 1.82) is 0 Å². The summed E-state index contributed by atoms with van der Waals surface area (Å²) in [6.07, 6.45) is 2.52. The van der Waals surface area contributed by atoms with Gasteiger partial charge >= 0.3 is 0 Å². The van der Waals surface area contributed by atoms with Crippen molar-refractivity contribution in [2.45, 2.75) is 33.6 Å². The molecule has 0 aromatic rings. The Morgan fingerprint density at radius 2 is 2.00 bits per heavy atom. The maximum Gasteiger partial charge on any atom is 0.0393 e. The Morgan fingerprint density at radius 1 is 1.50 bits per heavy atom. The first-order valence-electron chi connectivity index (χ1n) is 3.23. The maximum absolute atomic E-state index is 2.45. The van der Waals surface area contributed by atoms with Crippen LogP contribution >= 0.6 is 22.6 Å². The predicted octanol–water partition coefficient (Wildman–Crippen LogP) is 3.41. The Bertz CT molecular complexity index is 44.3. The highest BCUT2D eigenvalue weighted by molar-refractivity contribution is 14.1. The van der Waals surface area contributed by atoms with Gasteiger partial charge in [0.1, 0.15) is 0 Å². The summed E-state index contributed by atoms with van der Waals surface area (Å²) in [4.78, 5) is 0. The van der Waals surface area contributed by atoms with Crippen molar-refractivity contribution < 1.29 is 0 Å². The summed E-state index contributed by atoms with van der Waals surface area (Å²) in [5, 5.41) is 0. The van der Waals surface area contributed by atoms with Crippen LogP contribution in [0.5, 0.6) is 0 Å². The third-order valence-electron chi connectivity index (χ3n) is 1.48. The molecule has 0 bridgehead atoms. The fraction of sp³-hybridized carbons (Fsp3) is 0.857. The topological polar surface area (TPSA) is 0 Å². The van der Waals surface area contributed by atoms with Gasteiger partial charge in [-0.05, 0) is 12.3 Å². The molecule has 0 saturated carbocycles. The van der Waals surface area contributed by atoms with Crippen molar-refractivity contribution >= 4 is 22.6 Å². The Hall–Kier alpha value is 0.730. The number of hydrogen-bond donors (Lipinski definition) is 0. The zero-order chi connectivity index (χ0) is 6.57. The predicted molar refractivity (Wildman–Crippen MR) is 47.0 cm³/mol. The average molecular weight is 225 g/mol. The second-order valence-electron chi connectivity index (χ2n) is 2.11. The van der Waals surface area contributed by atoms with Crippen molar-refractivity contribution in [2.75, 3.05) is 0 Å². The third kappa shape index (κ3) is 2.90. The molecule has 0 aliphatic heterocycles. The van der Waals surface area contributed by atoms with E-state index in [1.54, 1.807) is 3.92 Å². The van der Waals surface area contributed by atoms with Crippen LogP contribution in [0.4, 0.5) is 0 Å². The van der Waals surface area contributed by atoms with Crippen LogP contribution in [-0.4, -0.2) is 0 Å². The molecule has 0 aromatic heterocycles.